The van der Waals surface area contributed by atoms with E-state index in [0.717, 1.165) is 0 Å². The molecule has 0 aliphatic carbocycles. The molecule has 0 amide bonds. The lowest BCUT2D eigenvalue weighted by atomic mass is 9.85. The molecule has 0 aliphatic rings. The second kappa shape index (κ2) is 10.2. The minimum Gasteiger partial charge on any atom is -0.463 e. The number of hydrogen-bond donors (Lipinski definition) is 0. The molecule has 1 atom stereocenters. The van der Waals surface area contributed by atoms with Crippen molar-refractivity contribution in [2.24, 2.45) is 5.92 Å². The smallest absolute Gasteiger partial charge is 0.460 e. The fourth-order valence-electron chi connectivity index (χ4n) is 2.26. The van der Waals surface area contributed by atoms with E-state index in [-0.39, 0.29) is 6.08 Å². The normalized spacial score (nSPS) is 15.2. The quantitative estimate of drug-likeness (QED) is 0.181. The Labute approximate surface area is 183 Å². The van der Waals surface area contributed by atoms with Gasteiger partial charge in [-0.3, -0.25) is 4.79 Å². The standard InChI is InChI=1S/C17H17F13O4/c1-4-10(31)33-7-9(5-6-11(32)34-8(2)3)12(18,19)13(20,21)14(22,23)15(24,25)16(26,27)17(28,29)30/h4,8-9H,1,5-7H2,2-3H3. The van der Waals surface area contributed by atoms with Crippen molar-refractivity contribution in [2.75, 3.05) is 6.61 Å². The fourth-order valence-corrected chi connectivity index (χ4v) is 2.26. The summed E-state index contributed by atoms with van der Waals surface area (Å²) >= 11 is 0. The van der Waals surface area contributed by atoms with Crippen molar-refractivity contribution in [1.82, 2.24) is 0 Å². The predicted molar refractivity (Wildman–Crippen MR) is 85.9 cm³/mol. The summed E-state index contributed by atoms with van der Waals surface area (Å²) in [5.74, 6) is -44.5. The molecule has 0 aliphatic heterocycles. The second-order valence-corrected chi connectivity index (χ2v) is 7.03. The minimum absolute atomic E-state index is 0.271. The Morgan fingerprint density at radius 2 is 1.24 bits per heavy atom. The van der Waals surface area contributed by atoms with E-state index in [2.05, 4.69) is 16.1 Å². The summed E-state index contributed by atoms with van der Waals surface area (Å²) in [6.45, 7) is 3.30. The lowest BCUT2D eigenvalue weighted by Crippen LogP contribution is -2.71. The minimum atomic E-state index is -8.07. The number of rotatable bonds is 12. The van der Waals surface area contributed by atoms with Crippen molar-refractivity contribution in [2.45, 2.75) is 68.6 Å². The largest absolute Gasteiger partial charge is 0.463 e. The van der Waals surface area contributed by atoms with Crippen molar-refractivity contribution in [3.63, 3.8) is 0 Å². The first-order valence-electron chi connectivity index (χ1n) is 8.86. The molecule has 34 heavy (non-hydrogen) atoms. The van der Waals surface area contributed by atoms with Gasteiger partial charge in [-0.15, -0.1) is 0 Å². The summed E-state index contributed by atoms with van der Waals surface area (Å²) in [7, 11) is 0. The molecule has 0 aromatic heterocycles. The van der Waals surface area contributed by atoms with Crippen LogP contribution in [0.5, 0.6) is 0 Å². The molecule has 0 bridgehead atoms. The third kappa shape index (κ3) is 5.87. The van der Waals surface area contributed by atoms with Gasteiger partial charge in [0.15, 0.2) is 0 Å². The van der Waals surface area contributed by atoms with Crippen LogP contribution in [0.1, 0.15) is 26.7 Å². The molecule has 0 aromatic carbocycles. The Hall–Kier alpha value is -2.23. The van der Waals surface area contributed by atoms with Crippen molar-refractivity contribution in [1.29, 1.82) is 0 Å². The number of ether oxygens (including phenoxy) is 2. The first kappa shape index (κ1) is 31.8. The van der Waals surface area contributed by atoms with Gasteiger partial charge in [0.25, 0.3) is 0 Å². The molecule has 0 aromatic rings. The number of carbonyl (C=O) groups is 2. The van der Waals surface area contributed by atoms with Crippen LogP contribution in [-0.2, 0) is 19.1 Å². The summed E-state index contributed by atoms with van der Waals surface area (Å²) < 4.78 is 182. The molecule has 0 N–H and O–H groups in total. The Morgan fingerprint density at radius 3 is 1.62 bits per heavy atom. The van der Waals surface area contributed by atoms with Crippen LogP contribution >= 0.6 is 0 Å². The zero-order valence-corrected chi connectivity index (χ0v) is 17.1. The molecule has 0 saturated carbocycles. The van der Waals surface area contributed by atoms with E-state index in [9.17, 15) is 66.7 Å². The van der Waals surface area contributed by atoms with Crippen molar-refractivity contribution in [3.05, 3.63) is 12.7 Å². The van der Waals surface area contributed by atoms with Crippen molar-refractivity contribution < 1.29 is 76.1 Å². The topological polar surface area (TPSA) is 52.6 Å². The fraction of sp³-hybridized carbons (Fsp3) is 0.765. The SMILES string of the molecule is C=CC(=O)OCC(CCC(=O)OC(C)C)C(F)(F)C(F)(F)C(F)(F)C(F)(F)C(F)(F)C(F)(F)F. The molecular weight excluding hydrogens is 515 g/mol. The van der Waals surface area contributed by atoms with E-state index < -0.39 is 79.2 Å². The van der Waals surface area contributed by atoms with Crippen LogP contribution in [0.4, 0.5) is 57.1 Å². The number of hydrogen-bond acceptors (Lipinski definition) is 4. The number of esters is 2. The van der Waals surface area contributed by atoms with Gasteiger partial charge in [-0.25, -0.2) is 4.79 Å². The second-order valence-electron chi connectivity index (χ2n) is 7.03. The van der Waals surface area contributed by atoms with Crippen LogP contribution in [-0.4, -0.2) is 60.4 Å². The van der Waals surface area contributed by atoms with Crippen molar-refractivity contribution in [3.8, 4) is 0 Å². The van der Waals surface area contributed by atoms with Gasteiger partial charge in [-0.1, -0.05) is 6.58 Å². The van der Waals surface area contributed by atoms with Gasteiger partial charge in [0.1, 0.15) is 6.61 Å². The van der Waals surface area contributed by atoms with E-state index in [1.54, 1.807) is 0 Å². The van der Waals surface area contributed by atoms with Crippen LogP contribution in [0, 0.1) is 5.92 Å². The molecule has 0 fully saturated rings. The van der Waals surface area contributed by atoms with E-state index >= 15 is 0 Å². The van der Waals surface area contributed by atoms with E-state index in [1.807, 2.05) is 0 Å². The lowest BCUT2D eigenvalue weighted by Gasteiger charge is -2.41. The third-order valence-corrected chi connectivity index (χ3v) is 4.13. The highest BCUT2D eigenvalue weighted by atomic mass is 19.4. The van der Waals surface area contributed by atoms with Gasteiger partial charge in [-0.05, 0) is 20.3 Å². The first-order chi connectivity index (χ1) is 14.9. The summed E-state index contributed by atoms with van der Waals surface area (Å²) in [4.78, 5) is 22.5. The van der Waals surface area contributed by atoms with Gasteiger partial charge in [0.2, 0.25) is 0 Å². The van der Waals surface area contributed by atoms with Crippen molar-refractivity contribution >= 4 is 11.9 Å². The molecule has 0 spiro atoms. The Kier molecular flexibility index (Phi) is 9.51. The highest BCUT2D eigenvalue weighted by Gasteiger charge is 2.91. The maximum Gasteiger partial charge on any atom is 0.460 e. The molecular formula is C17H17F13O4. The molecule has 0 rings (SSSR count). The van der Waals surface area contributed by atoms with E-state index in [0.29, 0.717) is 0 Å². The molecule has 17 heteroatoms. The molecule has 0 heterocycles. The van der Waals surface area contributed by atoms with Gasteiger partial charge >= 0.3 is 47.7 Å². The summed E-state index contributed by atoms with van der Waals surface area (Å²) in [5, 5.41) is 0. The zero-order chi connectivity index (χ0) is 27.6. The van der Waals surface area contributed by atoms with E-state index in [1.165, 1.54) is 13.8 Å². The number of halogens is 13. The molecule has 0 radical (unpaired) electrons. The van der Waals surface area contributed by atoms with Crippen LogP contribution in [0.3, 0.4) is 0 Å². The van der Waals surface area contributed by atoms with Gasteiger partial charge < -0.3 is 9.47 Å². The predicted octanol–water partition coefficient (Wildman–Crippen LogP) is 5.80. The maximum atomic E-state index is 14.4. The molecule has 1 unspecified atom stereocenters. The van der Waals surface area contributed by atoms with Crippen LogP contribution in [0.25, 0.3) is 0 Å². The Balaban J connectivity index is 6.37. The van der Waals surface area contributed by atoms with Gasteiger partial charge in [0, 0.05) is 12.5 Å². The molecule has 4 nitrogen and oxygen atoms in total. The summed E-state index contributed by atoms with van der Waals surface area (Å²) in [6.07, 6.45) is -11.1. The zero-order valence-electron chi connectivity index (χ0n) is 17.1. The Morgan fingerprint density at radius 1 is 0.794 bits per heavy atom. The van der Waals surface area contributed by atoms with Gasteiger partial charge in [0.05, 0.1) is 12.0 Å². The van der Waals surface area contributed by atoms with E-state index in [4.69, 9.17) is 0 Å². The molecule has 0 saturated heterocycles. The monoisotopic (exact) mass is 532 g/mol. The first-order valence-corrected chi connectivity index (χ1v) is 8.86. The van der Waals surface area contributed by atoms with Gasteiger partial charge in [-0.2, -0.15) is 57.1 Å². The van der Waals surface area contributed by atoms with Crippen LogP contribution in [0.15, 0.2) is 12.7 Å². The van der Waals surface area contributed by atoms with Crippen LogP contribution < -0.4 is 0 Å². The lowest BCUT2D eigenvalue weighted by molar-refractivity contribution is -0.443. The third-order valence-electron chi connectivity index (χ3n) is 4.13. The average Bonchev–Trinajstić information content (AvgIpc) is 2.65. The van der Waals surface area contributed by atoms with Crippen LogP contribution in [0.2, 0.25) is 0 Å². The Bertz CT molecular complexity index is 744. The highest BCUT2D eigenvalue weighted by Crippen LogP contribution is 2.61. The molecule has 200 valence electrons. The summed E-state index contributed by atoms with van der Waals surface area (Å²) in [5.41, 5.74) is 0. The average molecular weight is 532 g/mol. The maximum absolute atomic E-state index is 14.4. The highest BCUT2D eigenvalue weighted by molar-refractivity contribution is 5.81. The number of carbonyl (C=O) groups excluding carboxylic acids is 2. The number of alkyl halides is 13. The summed E-state index contributed by atoms with van der Waals surface area (Å²) in [6, 6.07) is 0.